The molecule has 1 aliphatic heterocycles. The Labute approximate surface area is 103 Å². The lowest BCUT2D eigenvalue weighted by Gasteiger charge is -2.29. The standard InChI is InChI=1S/C10H21N3O3S/c1-9-3-7-13(8-4-9)17(15,16)12-6-5-11-10(2)14/h9,12H,3-8H2,1-2H3,(H,11,14). The van der Waals surface area contributed by atoms with Crippen molar-refractivity contribution >= 4 is 16.1 Å². The van der Waals surface area contributed by atoms with Crippen LogP contribution >= 0.6 is 0 Å². The van der Waals surface area contributed by atoms with Crippen molar-refractivity contribution in [1.29, 1.82) is 0 Å². The van der Waals surface area contributed by atoms with Gasteiger partial charge in [0.05, 0.1) is 0 Å². The van der Waals surface area contributed by atoms with Crippen molar-refractivity contribution in [2.45, 2.75) is 26.7 Å². The molecule has 1 fully saturated rings. The van der Waals surface area contributed by atoms with Crippen LogP contribution in [0, 0.1) is 5.92 Å². The summed E-state index contributed by atoms with van der Waals surface area (Å²) in [5.74, 6) is 0.442. The second-order valence-electron chi connectivity index (χ2n) is 4.46. The molecule has 2 N–H and O–H groups in total. The predicted molar refractivity (Wildman–Crippen MR) is 65.6 cm³/mol. The Bertz CT molecular complexity index is 348. The third-order valence-electron chi connectivity index (χ3n) is 2.87. The van der Waals surface area contributed by atoms with Gasteiger partial charge < -0.3 is 5.32 Å². The van der Waals surface area contributed by atoms with Crippen LogP contribution in [0.1, 0.15) is 26.7 Å². The average Bonchev–Trinajstić information content (AvgIpc) is 2.25. The first-order valence-electron chi connectivity index (χ1n) is 5.91. The van der Waals surface area contributed by atoms with E-state index in [-0.39, 0.29) is 12.5 Å². The molecular formula is C10H21N3O3S. The van der Waals surface area contributed by atoms with Crippen molar-refractivity contribution in [3.8, 4) is 0 Å². The summed E-state index contributed by atoms with van der Waals surface area (Å²) in [6.07, 6.45) is 1.82. The van der Waals surface area contributed by atoms with Crippen molar-refractivity contribution in [1.82, 2.24) is 14.3 Å². The lowest BCUT2D eigenvalue weighted by atomic mass is 10.0. The fourth-order valence-electron chi connectivity index (χ4n) is 1.74. The van der Waals surface area contributed by atoms with E-state index in [1.54, 1.807) is 0 Å². The Balaban J connectivity index is 2.33. The molecular weight excluding hydrogens is 242 g/mol. The molecule has 7 heteroatoms. The van der Waals surface area contributed by atoms with E-state index in [0.717, 1.165) is 12.8 Å². The molecule has 0 radical (unpaired) electrons. The van der Waals surface area contributed by atoms with E-state index in [1.807, 2.05) is 0 Å². The van der Waals surface area contributed by atoms with Crippen LogP contribution in [0.2, 0.25) is 0 Å². The minimum Gasteiger partial charge on any atom is -0.355 e. The zero-order valence-electron chi connectivity index (χ0n) is 10.4. The number of nitrogens with zero attached hydrogens (tertiary/aromatic N) is 1. The number of hydrogen-bond donors (Lipinski definition) is 2. The maximum atomic E-state index is 11.8. The minimum absolute atomic E-state index is 0.156. The molecule has 6 nitrogen and oxygen atoms in total. The number of piperidine rings is 1. The lowest BCUT2D eigenvalue weighted by molar-refractivity contribution is -0.118. The highest BCUT2D eigenvalue weighted by molar-refractivity contribution is 7.87. The summed E-state index contributed by atoms with van der Waals surface area (Å²) < 4.78 is 27.6. The fraction of sp³-hybridized carbons (Fsp3) is 0.900. The lowest BCUT2D eigenvalue weighted by Crippen LogP contribution is -2.46. The van der Waals surface area contributed by atoms with E-state index in [1.165, 1.54) is 11.2 Å². The summed E-state index contributed by atoms with van der Waals surface area (Å²) in [5, 5.41) is 2.54. The smallest absolute Gasteiger partial charge is 0.279 e. The molecule has 0 aliphatic carbocycles. The van der Waals surface area contributed by atoms with Crippen LogP contribution in [-0.4, -0.2) is 44.8 Å². The second-order valence-corrected chi connectivity index (χ2v) is 6.22. The number of carbonyl (C=O) groups is 1. The van der Waals surface area contributed by atoms with Gasteiger partial charge in [-0.2, -0.15) is 12.7 Å². The van der Waals surface area contributed by atoms with E-state index in [9.17, 15) is 13.2 Å². The zero-order valence-corrected chi connectivity index (χ0v) is 11.2. The van der Waals surface area contributed by atoms with E-state index in [2.05, 4.69) is 17.0 Å². The Kier molecular flexibility index (Phi) is 5.35. The highest BCUT2D eigenvalue weighted by atomic mass is 32.2. The largest absolute Gasteiger partial charge is 0.355 e. The molecule has 17 heavy (non-hydrogen) atoms. The Morgan fingerprint density at radius 3 is 2.41 bits per heavy atom. The number of amides is 1. The SMILES string of the molecule is CC(=O)NCCNS(=O)(=O)N1CCC(C)CC1. The molecule has 0 atom stereocenters. The van der Waals surface area contributed by atoms with Gasteiger partial charge in [0.1, 0.15) is 0 Å². The molecule has 1 saturated heterocycles. The van der Waals surface area contributed by atoms with Gasteiger partial charge in [-0.25, -0.2) is 4.72 Å². The zero-order chi connectivity index (χ0) is 12.9. The molecule has 100 valence electrons. The van der Waals surface area contributed by atoms with Gasteiger partial charge in [-0.15, -0.1) is 0 Å². The maximum Gasteiger partial charge on any atom is 0.279 e. The van der Waals surface area contributed by atoms with E-state index in [0.29, 0.717) is 25.6 Å². The Morgan fingerprint density at radius 2 is 1.88 bits per heavy atom. The van der Waals surface area contributed by atoms with Gasteiger partial charge in [0.15, 0.2) is 0 Å². The molecule has 0 saturated carbocycles. The average molecular weight is 263 g/mol. The summed E-state index contributed by atoms with van der Waals surface area (Å²) in [5.41, 5.74) is 0. The second kappa shape index (κ2) is 6.32. The fourth-order valence-corrected chi connectivity index (χ4v) is 2.97. The number of carbonyl (C=O) groups excluding carboxylic acids is 1. The number of hydrogen-bond acceptors (Lipinski definition) is 3. The minimum atomic E-state index is -3.37. The van der Waals surface area contributed by atoms with Crippen molar-refractivity contribution in [3.05, 3.63) is 0 Å². The molecule has 1 amide bonds. The Morgan fingerprint density at radius 1 is 1.29 bits per heavy atom. The van der Waals surface area contributed by atoms with Crippen molar-refractivity contribution in [2.24, 2.45) is 5.92 Å². The predicted octanol–water partition coefficient (Wildman–Crippen LogP) is -0.311. The van der Waals surface area contributed by atoms with Gasteiger partial charge in [-0.05, 0) is 18.8 Å². The van der Waals surface area contributed by atoms with E-state index < -0.39 is 10.2 Å². The van der Waals surface area contributed by atoms with Crippen LogP contribution in [0.4, 0.5) is 0 Å². The van der Waals surface area contributed by atoms with Gasteiger partial charge in [0.2, 0.25) is 5.91 Å². The van der Waals surface area contributed by atoms with Crippen LogP contribution in [-0.2, 0) is 15.0 Å². The van der Waals surface area contributed by atoms with Gasteiger partial charge in [-0.3, -0.25) is 4.79 Å². The number of nitrogens with one attached hydrogen (secondary N) is 2. The van der Waals surface area contributed by atoms with Gasteiger partial charge in [0, 0.05) is 33.1 Å². The first-order chi connectivity index (χ1) is 7.92. The highest BCUT2D eigenvalue weighted by Gasteiger charge is 2.25. The molecule has 0 aromatic carbocycles. The molecule has 0 bridgehead atoms. The summed E-state index contributed by atoms with van der Waals surface area (Å²) in [4.78, 5) is 10.6. The van der Waals surface area contributed by atoms with Crippen molar-refractivity contribution in [2.75, 3.05) is 26.2 Å². The number of rotatable bonds is 5. The van der Waals surface area contributed by atoms with Crippen molar-refractivity contribution < 1.29 is 13.2 Å². The van der Waals surface area contributed by atoms with Crippen LogP contribution in [0.15, 0.2) is 0 Å². The monoisotopic (exact) mass is 263 g/mol. The van der Waals surface area contributed by atoms with Crippen LogP contribution in [0.25, 0.3) is 0 Å². The summed E-state index contributed by atoms with van der Waals surface area (Å²) in [6.45, 7) is 5.24. The first kappa shape index (κ1) is 14.4. The summed E-state index contributed by atoms with van der Waals surface area (Å²) in [7, 11) is -3.37. The van der Waals surface area contributed by atoms with Gasteiger partial charge in [0.25, 0.3) is 10.2 Å². The molecule has 0 unspecified atom stereocenters. The first-order valence-corrected chi connectivity index (χ1v) is 7.35. The van der Waals surface area contributed by atoms with Crippen molar-refractivity contribution in [3.63, 3.8) is 0 Å². The summed E-state index contributed by atoms with van der Waals surface area (Å²) in [6, 6.07) is 0. The summed E-state index contributed by atoms with van der Waals surface area (Å²) >= 11 is 0. The highest BCUT2D eigenvalue weighted by Crippen LogP contribution is 2.17. The third kappa shape index (κ3) is 5.01. The molecule has 0 aromatic heterocycles. The maximum absolute atomic E-state index is 11.8. The van der Waals surface area contributed by atoms with Gasteiger partial charge >= 0.3 is 0 Å². The molecule has 0 spiro atoms. The quantitative estimate of drug-likeness (QED) is 0.668. The van der Waals surface area contributed by atoms with E-state index in [4.69, 9.17) is 0 Å². The molecule has 1 aliphatic rings. The van der Waals surface area contributed by atoms with Crippen LogP contribution in [0.5, 0.6) is 0 Å². The normalized spacial score (nSPS) is 19.2. The van der Waals surface area contributed by atoms with Crippen LogP contribution in [0.3, 0.4) is 0 Å². The third-order valence-corrected chi connectivity index (χ3v) is 4.48. The van der Waals surface area contributed by atoms with E-state index >= 15 is 0 Å². The van der Waals surface area contributed by atoms with Gasteiger partial charge in [-0.1, -0.05) is 6.92 Å². The topological polar surface area (TPSA) is 78.5 Å². The molecule has 0 aromatic rings. The molecule has 1 rings (SSSR count). The Hall–Kier alpha value is -0.660. The van der Waals surface area contributed by atoms with Crippen LogP contribution < -0.4 is 10.0 Å². The molecule has 1 heterocycles.